The summed E-state index contributed by atoms with van der Waals surface area (Å²) in [6.07, 6.45) is 0. The molecule has 11 heavy (non-hydrogen) atoms. The lowest BCUT2D eigenvalue weighted by atomic mass is 10.0. The summed E-state index contributed by atoms with van der Waals surface area (Å²) in [7, 11) is 0. The minimum absolute atomic E-state index is 0.544. The maximum absolute atomic E-state index is 5.49. The molecule has 0 aromatic heterocycles. The molecule has 1 aliphatic heterocycles. The summed E-state index contributed by atoms with van der Waals surface area (Å²) >= 11 is 3.45. The first-order chi connectivity index (χ1) is 5.29. The molecule has 0 fully saturated rings. The summed E-state index contributed by atoms with van der Waals surface area (Å²) in [4.78, 5) is 0. The molecule has 2 heteroatoms. The molecule has 1 aromatic rings. The monoisotopic (exact) mass is 212 g/mol. The van der Waals surface area contributed by atoms with Crippen LogP contribution in [0.25, 0.3) is 0 Å². The van der Waals surface area contributed by atoms with Crippen molar-refractivity contribution in [1.29, 1.82) is 0 Å². The number of para-hydroxylation sites is 1. The van der Waals surface area contributed by atoms with Crippen molar-refractivity contribution in [3.05, 3.63) is 28.2 Å². The Bertz CT molecular complexity index is 283. The van der Waals surface area contributed by atoms with Crippen LogP contribution in [0.3, 0.4) is 0 Å². The predicted molar refractivity (Wildman–Crippen MR) is 48.1 cm³/mol. The van der Waals surface area contributed by atoms with Crippen LogP contribution in [-0.4, -0.2) is 6.61 Å². The van der Waals surface area contributed by atoms with Crippen molar-refractivity contribution in [2.45, 2.75) is 12.8 Å². The number of ether oxygens (including phenoxy) is 1. The van der Waals surface area contributed by atoms with Crippen LogP contribution >= 0.6 is 15.9 Å². The molecule has 1 aromatic carbocycles. The lowest BCUT2D eigenvalue weighted by Crippen LogP contribution is -1.93. The first-order valence-electron chi connectivity index (χ1n) is 3.70. The van der Waals surface area contributed by atoms with Crippen LogP contribution in [-0.2, 0) is 0 Å². The molecule has 0 saturated heterocycles. The average molecular weight is 213 g/mol. The molecule has 0 amide bonds. The van der Waals surface area contributed by atoms with Crippen LogP contribution < -0.4 is 4.74 Å². The Labute approximate surface area is 74.5 Å². The van der Waals surface area contributed by atoms with Gasteiger partial charge in [0.15, 0.2) is 0 Å². The zero-order chi connectivity index (χ0) is 7.84. The van der Waals surface area contributed by atoms with Gasteiger partial charge in [-0.1, -0.05) is 19.1 Å². The Morgan fingerprint density at radius 1 is 1.55 bits per heavy atom. The number of benzene rings is 1. The minimum Gasteiger partial charge on any atom is -0.491 e. The molecule has 2 rings (SSSR count). The van der Waals surface area contributed by atoms with Crippen LogP contribution in [0.1, 0.15) is 18.4 Å². The predicted octanol–water partition coefficient (Wildman–Crippen LogP) is 2.95. The topological polar surface area (TPSA) is 9.23 Å². The minimum atomic E-state index is 0.544. The third-order valence-electron chi connectivity index (χ3n) is 2.01. The lowest BCUT2D eigenvalue weighted by molar-refractivity contribution is 0.335. The smallest absolute Gasteiger partial charge is 0.137 e. The summed E-state index contributed by atoms with van der Waals surface area (Å²) in [5.41, 5.74) is 1.32. The maximum atomic E-state index is 5.49. The number of hydrogen-bond acceptors (Lipinski definition) is 1. The van der Waals surface area contributed by atoms with E-state index in [0.717, 1.165) is 16.8 Å². The van der Waals surface area contributed by atoms with E-state index in [-0.39, 0.29) is 0 Å². The van der Waals surface area contributed by atoms with E-state index in [0.29, 0.717) is 5.92 Å². The van der Waals surface area contributed by atoms with E-state index in [2.05, 4.69) is 28.9 Å². The first kappa shape index (κ1) is 7.17. The van der Waals surface area contributed by atoms with Crippen molar-refractivity contribution in [2.24, 2.45) is 0 Å². The number of hydrogen-bond donors (Lipinski definition) is 0. The molecular formula is C9H9BrO. The molecule has 0 bridgehead atoms. The maximum Gasteiger partial charge on any atom is 0.137 e. The van der Waals surface area contributed by atoms with Crippen molar-refractivity contribution in [3.8, 4) is 5.75 Å². The highest BCUT2D eigenvalue weighted by Crippen LogP contribution is 2.38. The summed E-state index contributed by atoms with van der Waals surface area (Å²) in [5.74, 6) is 1.57. The highest BCUT2D eigenvalue weighted by molar-refractivity contribution is 9.10. The lowest BCUT2D eigenvalue weighted by Gasteiger charge is -2.00. The highest BCUT2D eigenvalue weighted by Gasteiger charge is 2.21. The fraction of sp³-hybridized carbons (Fsp3) is 0.333. The highest BCUT2D eigenvalue weighted by atomic mass is 79.9. The number of rotatable bonds is 0. The normalized spacial score (nSPS) is 21.1. The van der Waals surface area contributed by atoms with Gasteiger partial charge in [-0.3, -0.25) is 0 Å². The molecule has 0 radical (unpaired) electrons. The molecule has 58 valence electrons. The largest absolute Gasteiger partial charge is 0.491 e. The van der Waals surface area contributed by atoms with Gasteiger partial charge in [-0.15, -0.1) is 0 Å². The zero-order valence-corrected chi connectivity index (χ0v) is 7.89. The van der Waals surface area contributed by atoms with E-state index in [1.54, 1.807) is 0 Å². The first-order valence-corrected chi connectivity index (χ1v) is 4.49. The van der Waals surface area contributed by atoms with Gasteiger partial charge in [0, 0.05) is 11.5 Å². The van der Waals surface area contributed by atoms with Crippen molar-refractivity contribution >= 4 is 15.9 Å². The van der Waals surface area contributed by atoms with Gasteiger partial charge in [0.2, 0.25) is 0 Å². The molecule has 0 saturated carbocycles. The molecule has 1 nitrogen and oxygen atoms in total. The Morgan fingerprint density at radius 3 is 3.09 bits per heavy atom. The summed E-state index contributed by atoms with van der Waals surface area (Å²) in [6.45, 7) is 3.00. The van der Waals surface area contributed by atoms with Gasteiger partial charge in [-0.25, -0.2) is 0 Å². The van der Waals surface area contributed by atoms with Crippen LogP contribution in [0.4, 0.5) is 0 Å². The van der Waals surface area contributed by atoms with E-state index in [9.17, 15) is 0 Å². The van der Waals surface area contributed by atoms with Gasteiger partial charge in [0.25, 0.3) is 0 Å². The van der Waals surface area contributed by atoms with Crippen LogP contribution in [0.15, 0.2) is 22.7 Å². The number of halogens is 1. The van der Waals surface area contributed by atoms with Crippen molar-refractivity contribution in [3.63, 3.8) is 0 Å². The van der Waals surface area contributed by atoms with Crippen molar-refractivity contribution < 1.29 is 4.74 Å². The Balaban J connectivity index is 2.57. The fourth-order valence-electron chi connectivity index (χ4n) is 1.36. The summed E-state index contributed by atoms with van der Waals surface area (Å²) in [6, 6.07) is 6.18. The standard InChI is InChI=1S/C9H9BrO/c1-6-5-11-9-7(6)3-2-4-8(9)10/h2-4,6H,5H2,1H3. The summed E-state index contributed by atoms with van der Waals surface area (Å²) < 4.78 is 6.56. The van der Waals surface area contributed by atoms with Crippen LogP contribution in [0.5, 0.6) is 5.75 Å². The Kier molecular flexibility index (Phi) is 1.64. The Hall–Kier alpha value is -0.500. The summed E-state index contributed by atoms with van der Waals surface area (Å²) in [5, 5.41) is 0. The molecule has 0 spiro atoms. The van der Waals surface area contributed by atoms with Crippen LogP contribution in [0, 0.1) is 0 Å². The zero-order valence-electron chi connectivity index (χ0n) is 6.30. The Morgan fingerprint density at radius 2 is 2.36 bits per heavy atom. The molecule has 0 aliphatic carbocycles. The molecule has 1 unspecified atom stereocenters. The second-order valence-corrected chi connectivity index (χ2v) is 3.72. The van der Waals surface area contributed by atoms with E-state index in [1.807, 2.05) is 12.1 Å². The number of fused-ring (bicyclic) bond motifs is 1. The molecular weight excluding hydrogens is 204 g/mol. The van der Waals surface area contributed by atoms with E-state index in [1.165, 1.54) is 5.56 Å². The van der Waals surface area contributed by atoms with Gasteiger partial charge in [0.05, 0.1) is 11.1 Å². The van der Waals surface area contributed by atoms with Crippen molar-refractivity contribution in [1.82, 2.24) is 0 Å². The van der Waals surface area contributed by atoms with Crippen molar-refractivity contribution in [2.75, 3.05) is 6.61 Å². The van der Waals surface area contributed by atoms with Gasteiger partial charge >= 0.3 is 0 Å². The second kappa shape index (κ2) is 2.52. The van der Waals surface area contributed by atoms with E-state index >= 15 is 0 Å². The van der Waals surface area contributed by atoms with Gasteiger partial charge in [-0.05, 0) is 22.0 Å². The third kappa shape index (κ3) is 1.06. The quantitative estimate of drug-likeness (QED) is 0.643. The molecule has 1 heterocycles. The molecule has 1 aliphatic rings. The van der Waals surface area contributed by atoms with Gasteiger partial charge in [0.1, 0.15) is 5.75 Å². The van der Waals surface area contributed by atoms with Crippen LogP contribution in [0.2, 0.25) is 0 Å². The molecule has 1 atom stereocenters. The van der Waals surface area contributed by atoms with Gasteiger partial charge in [-0.2, -0.15) is 0 Å². The fourth-order valence-corrected chi connectivity index (χ4v) is 1.86. The average Bonchev–Trinajstić information content (AvgIpc) is 2.35. The second-order valence-electron chi connectivity index (χ2n) is 2.87. The van der Waals surface area contributed by atoms with E-state index < -0.39 is 0 Å². The SMILES string of the molecule is CC1COc2c(Br)cccc21. The van der Waals surface area contributed by atoms with Gasteiger partial charge < -0.3 is 4.74 Å². The third-order valence-corrected chi connectivity index (χ3v) is 2.63. The van der Waals surface area contributed by atoms with E-state index in [4.69, 9.17) is 4.74 Å². The molecule has 0 N–H and O–H groups in total.